The smallest absolute Gasteiger partial charge is 0.377 e. The molecule has 1 aromatic carbocycles. The minimum atomic E-state index is -4.66. The van der Waals surface area contributed by atoms with Crippen LogP contribution in [0.1, 0.15) is 74.5 Å². The summed E-state index contributed by atoms with van der Waals surface area (Å²) in [6.45, 7) is 4.30. The SMILES string of the molecule is CC(C)n1nccc1C(=O)N[C@H](C(=O)Nc1ccc([C@H](C)C(=O)N2CCOC[C@@H]2C(F)(F)F)cc1F)C(C1CC1)C1CC1. The fourth-order valence-corrected chi connectivity index (χ4v) is 5.99. The maximum Gasteiger partial charge on any atom is 0.411 e. The molecule has 5 rings (SSSR count). The van der Waals surface area contributed by atoms with Gasteiger partial charge in [-0.05, 0) is 88.0 Å². The lowest BCUT2D eigenvalue weighted by Crippen LogP contribution is -2.56. The summed E-state index contributed by atoms with van der Waals surface area (Å²) in [6.07, 6.45) is 0.689. The van der Waals surface area contributed by atoms with Crippen LogP contribution in [0.4, 0.5) is 23.2 Å². The van der Waals surface area contributed by atoms with E-state index in [1.54, 1.807) is 10.7 Å². The van der Waals surface area contributed by atoms with Crippen molar-refractivity contribution in [1.29, 1.82) is 0 Å². The molecular formula is C30H37F4N5O4. The van der Waals surface area contributed by atoms with Gasteiger partial charge in [0.1, 0.15) is 17.6 Å². The van der Waals surface area contributed by atoms with Crippen LogP contribution in [0.25, 0.3) is 0 Å². The standard InChI is InChI=1S/C30H37F4N5O4/c1-16(2)39-23(10-11-35-39)27(40)37-26(25(18-4-5-18)19-6-7-19)28(41)36-22-9-8-20(14-21(22)31)17(3)29(42)38-12-13-43-15-24(38)30(32,33)34/h8-11,14,16-19,24-26H,4-7,12-13,15H2,1-3H3,(H,36,41)(H,37,40)/t17-,24+,26-/m0/s1. The lowest BCUT2D eigenvalue weighted by atomic mass is 9.88. The maximum atomic E-state index is 15.3. The Morgan fingerprint density at radius 3 is 2.30 bits per heavy atom. The molecule has 43 heavy (non-hydrogen) atoms. The van der Waals surface area contributed by atoms with Crippen LogP contribution in [0.5, 0.6) is 0 Å². The number of halogens is 4. The zero-order chi connectivity index (χ0) is 31.1. The van der Waals surface area contributed by atoms with Crippen molar-refractivity contribution in [1.82, 2.24) is 20.0 Å². The number of carbonyl (C=O) groups excluding carboxylic acids is 3. The molecule has 2 heterocycles. The molecule has 1 saturated heterocycles. The molecule has 0 bridgehead atoms. The number of aromatic nitrogens is 2. The van der Waals surface area contributed by atoms with Crippen LogP contribution in [0.15, 0.2) is 30.5 Å². The zero-order valence-electron chi connectivity index (χ0n) is 24.4. The molecule has 9 nitrogen and oxygen atoms in total. The largest absolute Gasteiger partial charge is 0.411 e. The zero-order valence-corrected chi connectivity index (χ0v) is 24.4. The van der Waals surface area contributed by atoms with Gasteiger partial charge < -0.3 is 20.3 Å². The van der Waals surface area contributed by atoms with Crippen LogP contribution in [0.3, 0.4) is 0 Å². The van der Waals surface area contributed by atoms with Gasteiger partial charge in [-0.2, -0.15) is 18.3 Å². The fourth-order valence-electron chi connectivity index (χ4n) is 5.99. The summed E-state index contributed by atoms with van der Waals surface area (Å²) in [5.74, 6) is -3.19. The van der Waals surface area contributed by atoms with Gasteiger partial charge in [0, 0.05) is 18.8 Å². The van der Waals surface area contributed by atoms with Crippen molar-refractivity contribution < 1.29 is 36.7 Å². The molecule has 0 spiro atoms. The first-order valence-corrected chi connectivity index (χ1v) is 14.8. The third-order valence-corrected chi connectivity index (χ3v) is 8.59. The van der Waals surface area contributed by atoms with Crippen LogP contribution in [-0.4, -0.2) is 70.4 Å². The summed E-state index contributed by atoms with van der Waals surface area (Å²) in [5.41, 5.74) is 0.346. The van der Waals surface area contributed by atoms with Crippen LogP contribution in [0.2, 0.25) is 0 Å². The highest BCUT2D eigenvalue weighted by atomic mass is 19.4. The number of ether oxygens (including phenoxy) is 1. The summed E-state index contributed by atoms with van der Waals surface area (Å²) >= 11 is 0. The van der Waals surface area contributed by atoms with Crippen molar-refractivity contribution in [3.8, 4) is 0 Å². The normalized spacial score (nSPS) is 20.7. The molecule has 1 aliphatic heterocycles. The Labute approximate surface area is 247 Å². The molecule has 0 radical (unpaired) electrons. The van der Waals surface area contributed by atoms with E-state index < -0.39 is 54.3 Å². The monoisotopic (exact) mass is 607 g/mol. The van der Waals surface area contributed by atoms with Gasteiger partial charge in [-0.25, -0.2) is 4.39 Å². The lowest BCUT2D eigenvalue weighted by molar-refractivity contribution is -0.213. The second-order valence-electron chi connectivity index (χ2n) is 12.1. The van der Waals surface area contributed by atoms with E-state index in [0.717, 1.165) is 36.6 Å². The number of hydrogen-bond acceptors (Lipinski definition) is 5. The van der Waals surface area contributed by atoms with Gasteiger partial charge in [0.25, 0.3) is 5.91 Å². The molecule has 3 atom stereocenters. The van der Waals surface area contributed by atoms with Crippen molar-refractivity contribution >= 4 is 23.4 Å². The molecule has 3 amide bonds. The Balaban J connectivity index is 1.33. The van der Waals surface area contributed by atoms with E-state index in [0.29, 0.717) is 17.5 Å². The fraction of sp³-hybridized carbons (Fsp3) is 0.600. The molecule has 234 valence electrons. The molecule has 2 N–H and O–H groups in total. The van der Waals surface area contributed by atoms with E-state index in [-0.39, 0.29) is 36.4 Å². The van der Waals surface area contributed by atoms with Gasteiger partial charge in [-0.3, -0.25) is 19.1 Å². The Bertz CT molecular complexity index is 1340. The van der Waals surface area contributed by atoms with Crippen molar-refractivity contribution in [2.24, 2.45) is 17.8 Å². The van der Waals surface area contributed by atoms with Crippen molar-refractivity contribution in [3.05, 3.63) is 47.5 Å². The van der Waals surface area contributed by atoms with Gasteiger partial charge >= 0.3 is 6.18 Å². The number of hydrogen-bond donors (Lipinski definition) is 2. The summed E-state index contributed by atoms with van der Waals surface area (Å²) in [4.78, 5) is 40.7. The third-order valence-electron chi connectivity index (χ3n) is 8.59. The highest BCUT2D eigenvalue weighted by Gasteiger charge is 2.49. The first kappa shape index (κ1) is 31.0. The number of alkyl halides is 3. The number of carbonyl (C=O) groups is 3. The number of morpholine rings is 1. The van der Waals surface area contributed by atoms with Crippen LogP contribution in [0, 0.1) is 23.6 Å². The van der Waals surface area contributed by atoms with Crippen LogP contribution >= 0.6 is 0 Å². The van der Waals surface area contributed by atoms with Crippen molar-refractivity contribution in [2.45, 2.75) is 76.7 Å². The number of benzene rings is 1. The first-order valence-electron chi connectivity index (χ1n) is 14.8. The van der Waals surface area contributed by atoms with E-state index >= 15 is 4.39 Å². The number of rotatable bonds is 10. The van der Waals surface area contributed by atoms with Gasteiger partial charge in [-0.15, -0.1) is 0 Å². The summed E-state index contributed by atoms with van der Waals surface area (Å²) in [5, 5.41) is 9.73. The third kappa shape index (κ3) is 6.86. The van der Waals surface area contributed by atoms with E-state index in [1.807, 2.05) is 13.8 Å². The van der Waals surface area contributed by atoms with Crippen LogP contribution in [-0.2, 0) is 14.3 Å². The van der Waals surface area contributed by atoms with E-state index in [2.05, 4.69) is 15.7 Å². The topological polar surface area (TPSA) is 106 Å². The number of amides is 3. The average molecular weight is 608 g/mol. The number of nitrogens with one attached hydrogen (secondary N) is 2. The number of anilines is 1. The van der Waals surface area contributed by atoms with Gasteiger partial charge in [0.15, 0.2) is 6.04 Å². The molecular weight excluding hydrogens is 570 g/mol. The number of nitrogens with zero attached hydrogens (tertiary/aromatic N) is 3. The van der Waals surface area contributed by atoms with Gasteiger partial charge in [-0.1, -0.05) is 6.07 Å². The molecule has 13 heteroatoms. The predicted octanol–water partition coefficient (Wildman–Crippen LogP) is 4.67. The summed E-state index contributed by atoms with van der Waals surface area (Å²) in [6, 6.07) is 2.30. The molecule has 3 fully saturated rings. The van der Waals surface area contributed by atoms with E-state index in [9.17, 15) is 27.6 Å². The average Bonchev–Trinajstić information content (AvgIpc) is 3.91. The van der Waals surface area contributed by atoms with Gasteiger partial charge in [0.05, 0.1) is 24.8 Å². The van der Waals surface area contributed by atoms with Crippen LogP contribution < -0.4 is 10.6 Å². The molecule has 2 aliphatic carbocycles. The quantitative estimate of drug-likeness (QED) is 0.382. The van der Waals surface area contributed by atoms with Gasteiger partial charge in [0.2, 0.25) is 11.8 Å². The van der Waals surface area contributed by atoms with E-state index in [1.165, 1.54) is 25.3 Å². The molecule has 1 aromatic heterocycles. The molecule has 2 saturated carbocycles. The second kappa shape index (κ2) is 12.3. The Kier molecular flexibility index (Phi) is 8.82. The minimum Gasteiger partial charge on any atom is -0.377 e. The highest BCUT2D eigenvalue weighted by Crippen LogP contribution is 2.51. The Hall–Kier alpha value is -3.48. The van der Waals surface area contributed by atoms with Crippen molar-refractivity contribution in [3.63, 3.8) is 0 Å². The second-order valence-corrected chi connectivity index (χ2v) is 12.1. The molecule has 2 aromatic rings. The Morgan fingerprint density at radius 2 is 1.72 bits per heavy atom. The van der Waals surface area contributed by atoms with Crippen molar-refractivity contribution in [2.75, 3.05) is 25.1 Å². The minimum absolute atomic E-state index is 0.0232. The summed E-state index contributed by atoms with van der Waals surface area (Å²) in [7, 11) is 0. The summed E-state index contributed by atoms with van der Waals surface area (Å²) < 4.78 is 62.3. The molecule has 3 aliphatic rings. The lowest BCUT2D eigenvalue weighted by Gasteiger charge is -2.38. The Morgan fingerprint density at radius 1 is 1.05 bits per heavy atom. The predicted molar refractivity (Wildman–Crippen MR) is 149 cm³/mol. The van der Waals surface area contributed by atoms with E-state index in [4.69, 9.17) is 4.74 Å². The molecule has 0 unspecified atom stereocenters. The highest BCUT2D eigenvalue weighted by molar-refractivity contribution is 6.01. The maximum absolute atomic E-state index is 15.3. The first-order chi connectivity index (χ1) is 20.4.